The van der Waals surface area contributed by atoms with E-state index in [1.54, 1.807) is 18.7 Å². The Morgan fingerprint density at radius 2 is 1.87 bits per heavy atom. The van der Waals surface area contributed by atoms with Crippen LogP contribution in [0.3, 0.4) is 0 Å². The fourth-order valence-corrected chi connectivity index (χ4v) is 2.51. The molecule has 1 aromatic rings. The molecule has 1 fully saturated rings. The lowest BCUT2D eigenvalue weighted by Crippen LogP contribution is -2.59. The van der Waals surface area contributed by atoms with E-state index in [4.69, 9.17) is 4.74 Å². The number of benzene rings is 1. The number of nitrogens with one attached hydrogen (secondary N) is 2. The molecule has 0 unspecified atom stereocenters. The number of nitrogens with zero attached hydrogens (tertiary/aromatic N) is 1. The smallest absolute Gasteiger partial charge is 0.407 e. The molecule has 2 amide bonds. The van der Waals surface area contributed by atoms with Crippen LogP contribution in [0.2, 0.25) is 0 Å². The molecule has 6 heteroatoms. The van der Waals surface area contributed by atoms with Gasteiger partial charge in [-0.1, -0.05) is 30.3 Å². The van der Waals surface area contributed by atoms with Crippen molar-refractivity contribution >= 4 is 12.0 Å². The fraction of sp³-hybridized carbons (Fsp3) is 0.529. The Balaban J connectivity index is 1.77. The van der Waals surface area contributed by atoms with Gasteiger partial charge in [0.2, 0.25) is 5.91 Å². The molecule has 2 N–H and O–H groups in total. The first-order valence-corrected chi connectivity index (χ1v) is 7.98. The lowest BCUT2D eigenvalue weighted by Gasteiger charge is -2.34. The van der Waals surface area contributed by atoms with E-state index in [9.17, 15) is 9.59 Å². The van der Waals surface area contributed by atoms with Crippen molar-refractivity contribution in [3.63, 3.8) is 0 Å². The molecule has 1 heterocycles. The van der Waals surface area contributed by atoms with E-state index in [1.165, 1.54) is 0 Å². The summed E-state index contributed by atoms with van der Waals surface area (Å²) in [4.78, 5) is 26.2. The summed E-state index contributed by atoms with van der Waals surface area (Å²) in [5.74, 6) is -0.0843. The predicted octanol–water partition coefficient (Wildman–Crippen LogP) is 1.17. The standard InChI is InChI=1S/C17H25N3O3/c1-17(2,15(21)20-11-9-18-10-12-20)19-16(22)23-13-8-14-6-4-3-5-7-14/h3-7,18H,8-13H2,1-2H3,(H,19,22). The zero-order valence-corrected chi connectivity index (χ0v) is 13.8. The minimum Gasteiger partial charge on any atom is -0.449 e. The van der Waals surface area contributed by atoms with Crippen LogP contribution in [0.25, 0.3) is 0 Å². The average Bonchev–Trinajstić information content (AvgIpc) is 2.55. The Morgan fingerprint density at radius 3 is 2.52 bits per heavy atom. The average molecular weight is 319 g/mol. The largest absolute Gasteiger partial charge is 0.449 e. The highest BCUT2D eigenvalue weighted by Crippen LogP contribution is 2.10. The zero-order valence-electron chi connectivity index (χ0n) is 13.8. The van der Waals surface area contributed by atoms with Gasteiger partial charge < -0.3 is 20.3 Å². The number of rotatable bonds is 5. The summed E-state index contributed by atoms with van der Waals surface area (Å²) in [5, 5.41) is 5.87. The van der Waals surface area contributed by atoms with Gasteiger partial charge in [0.15, 0.2) is 0 Å². The monoisotopic (exact) mass is 319 g/mol. The van der Waals surface area contributed by atoms with E-state index in [-0.39, 0.29) is 12.5 Å². The summed E-state index contributed by atoms with van der Waals surface area (Å²) < 4.78 is 5.19. The summed E-state index contributed by atoms with van der Waals surface area (Å²) >= 11 is 0. The van der Waals surface area contributed by atoms with Gasteiger partial charge >= 0.3 is 6.09 Å². The SMILES string of the molecule is CC(C)(NC(=O)OCCc1ccccc1)C(=O)N1CCNCC1. The second-order valence-corrected chi connectivity index (χ2v) is 6.16. The highest BCUT2D eigenvalue weighted by atomic mass is 16.5. The molecule has 2 rings (SSSR count). The molecule has 1 aromatic carbocycles. The number of ether oxygens (including phenoxy) is 1. The Morgan fingerprint density at radius 1 is 1.22 bits per heavy atom. The minimum atomic E-state index is -0.971. The predicted molar refractivity (Wildman–Crippen MR) is 88.2 cm³/mol. The van der Waals surface area contributed by atoms with Crippen LogP contribution in [0, 0.1) is 0 Å². The molecule has 6 nitrogen and oxygen atoms in total. The quantitative estimate of drug-likeness (QED) is 0.854. The van der Waals surface area contributed by atoms with E-state index in [0.717, 1.165) is 18.7 Å². The molecule has 0 bridgehead atoms. The van der Waals surface area contributed by atoms with Gasteiger partial charge in [-0.25, -0.2) is 4.79 Å². The van der Waals surface area contributed by atoms with Crippen LogP contribution in [0.15, 0.2) is 30.3 Å². The summed E-state index contributed by atoms with van der Waals surface area (Å²) in [7, 11) is 0. The number of piperazine rings is 1. The molecule has 23 heavy (non-hydrogen) atoms. The first kappa shape index (κ1) is 17.3. The van der Waals surface area contributed by atoms with Crippen molar-refractivity contribution in [3.05, 3.63) is 35.9 Å². The summed E-state index contributed by atoms with van der Waals surface area (Å²) in [6, 6.07) is 9.81. The maximum Gasteiger partial charge on any atom is 0.407 e. The molecule has 1 aliphatic rings. The maximum atomic E-state index is 12.5. The molecule has 1 saturated heterocycles. The van der Waals surface area contributed by atoms with Gasteiger partial charge in [-0.3, -0.25) is 4.79 Å². The lowest BCUT2D eigenvalue weighted by atomic mass is 10.0. The van der Waals surface area contributed by atoms with Crippen LogP contribution in [0.1, 0.15) is 19.4 Å². The Kier molecular flexibility index (Phi) is 5.98. The van der Waals surface area contributed by atoms with E-state index in [0.29, 0.717) is 19.5 Å². The van der Waals surface area contributed by atoms with Crippen molar-refractivity contribution in [2.45, 2.75) is 25.8 Å². The van der Waals surface area contributed by atoms with Gasteiger partial charge in [-0.05, 0) is 19.4 Å². The number of hydrogen-bond donors (Lipinski definition) is 2. The van der Waals surface area contributed by atoms with Gasteiger partial charge in [-0.2, -0.15) is 0 Å². The minimum absolute atomic E-state index is 0.0843. The first-order valence-electron chi connectivity index (χ1n) is 7.98. The topological polar surface area (TPSA) is 70.7 Å². The van der Waals surface area contributed by atoms with E-state index < -0.39 is 11.6 Å². The first-order chi connectivity index (χ1) is 11.0. The van der Waals surface area contributed by atoms with Gasteiger partial charge in [0.25, 0.3) is 0 Å². The summed E-state index contributed by atoms with van der Waals surface area (Å²) in [6.45, 7) is 6.58. The Hall–Kier alpha value is -2.08. The van der Waals surface area contributed by atoms with Gasteiger partial charge in [0, 0.05) is 32.6 Å². The van der Waals surface area contributed by atoms with Crippen LogP contribution in [-0.4, -0.2) is 55.2 Å². The molecule has 126 valence electrons. The molecule has 0 saturated carbocycles. The number of alkyl carbamates (subject to hydrolysis) is 1. The van der Waals surface area contributed by atoms with Crippen molar-refractivity contribution < 1.29 is 14.3 Å². The van der Waals surface area contributed by atoms with Crippen LogP contribution < -0.4 is 10.6 Å². The second-order valence-electron chi connectivity index (χ2n) is 6.16. The third kappa shape index (κ3) is 5.25. The third-order valence-corrected chi connectivity index (χ3v) is 3.82. The van der Waals surface area contributed by atoms with E-state index in [2.05, 4.69) is 10.6 Å². The lowest BCUT2D eigenvalue weighted by molar-refractivity contribution is -0.137. The van der Waals surface area contributed by atoms with E-state index in [1.807, 2.05) is 30.3 Å². The number of amides is 2. The molecule has 0 aromatic heterocycles. The van der Waals surface area contributed by atoms with Crippen LogP contribution >= 0.6 is 0 Å². The van der Waals surface area contributed by atoms with Crippen molar-refractivity contribution in [3.8, 4) is 0 Å². The van der Waals surface area contributed by atoms with Gasteiger partial charge in [-0.15, -0.1) is 0 Å². The molecule has 1 aliphatic heterocycles. The summed E-state index contributed by atoms with van der Waals surface area (Å²) in [5.41, 5.74) is 0.137. The fourth-order valence-electron chi connectivity index (χ4n) is 2.51. The van der Waals surface area contributed by atoms with Crippen LogP contribution in [-0.2, 0) is 16.0 Å². The molecular formula is C17H25N3O3. The molecule has 0 spiro atoms. The van der Waals surface area contributed by atoms with E-state index >= 15 is 0 Å². The van der Waals surface area contributed by atoms with Crippen molar-refractivity contribution in [1.29, 1.82) is 0 Å². The van der Waals surface area contributed by atoms with Crippen LogP contribution in [0.4, 0.5) is 4.79 Å². The van der Waals surface area contributed by atoms with Crippen LogP contribution in [0.5, 0.6) is 0 Å². The number of hydrogen-bond acceptors (Lipinski definition) is 4. The third-order valence-electron chi connectivity index (χ3n) is 3.82. The zero-order chi connectivity index (χ0) is 16.7. The number of carbonyl (C=O) groups is 2. The highest BCUT2D eigenvalue weighted by molar-refractivity contribution is 5.89. The molecule has 0 radical (unpaired) electrons. The molecule has 0 aliphatic carbocycles. The molecular weight excluding hydrogens is 294 g/mol. The second kappa shape index (κ2) is 7.97. The Bertz CT molecular complexity index is 525. The van der Waals surface area contributed by atoms with Gasteiger partial charge in [0.05, 0.1) is 6.61 Å². The molecule has 0 atom stereocenters. The number of carbonyl (C=O) groups excluding carboxylic acids is 2. The Labute approximate surface area is 137 Å². The maximum absolute atomic E-state index is 12.5. The summed E-state index contributed by atoms with van der Waals surface area (Å²) in [6.07, 6.45) is 0.0925. The van der Waals surface area contributed by atoms with Crippen molar-refractivity contribution in [2.24, 2.45) is 0 Å². The normalized spacial score (nSPS) is 15.1. The van der Waals surface area contributed by atoms with Crippen molar-refractivity contribution in [2.75, 3.05) is 32.8 Å². The highest BCUT2D eigenvalue weighted by Gasteiger charge is 2.34. The van der Waals surface area contributed by atoms with Gasteiger partial charge in [0.1, 0.15) is 5.54 Å². The van der Waals surface area contributed by atoms with Crippen molar-refractivity contribution in [1.82, 2.24) is 15.5 Å².